The first kappa shape index (κ1) is 24.8. The van der Waals surface area contributed by atoms with Crippen molar-refractivity contribution in [2.45, 2.75) is 18.6 Å². The van der Waals surface area contributed by atoms with Gasteiger partial charge >= 0.3 is 0 Å². The van der Waals surface area contributed by atoms with Crippen molar-refractivity contribution in [2.75, 3.05) is 30.5 Å². The second-order valence-corrected chi connectivity index (χ2v) is 6.43. The lowest BCUT2D eigenvalue weighted by Crippen LogP contribution is -2.55. The molecule has 0 radical (unpaired) electrons. The molecule has 2 atom stereocenters. The Labute approximate surface area is 181 Å². The molecule has 1 fully saturated rings. The van der Waals surface area contributed by atoms with Crippen molar-refractivity contribution in [2.24, 2.45) is 5.73 Å². The summed E-state index contributed by atoms with van der Waals surface area (Å²) in [7, 11) is 0.500. The predicted molar refractivity (Wildman–Crippen MR) is 110 cm³/mol. The molecular weight excluding hydrogens is 431 g/mol. The number of hydrogen-bond acceptors (Lipinski definition) is 6. The molecule has 0 aliphatic carbocycles. The summed E-state index contributed by atoms with van der Waals surface area (Å²) in [6.07, 6.45) is -6.17. The number of carbonyl (C=O) groups excluding carboxylic acids is 2. The third-order valence-corrected chi connectivity index (χ3v) is 4.40. The van der Waals surface area contributed by atoms with Crippen LogP contribution in [0.2, 0.25) is 0 Å². The lowest BCUT2D eigenvalue weighted by Gasteiger charge is -2.33. The number of amidine groups is 1. The quantitative estimate of drug-likeness (QED) is 0.387. The van der Waals surface area contributed by atoms with Crippen molar-refractivity contribution in [3.63, 3.8) is 0 Å². The molecule has 2 aromatic rings. The molecule has 1 saturated heterocycles. The highest BCUT2D eigenvalue weighted by Gasteiger charge is 2.39. The van der Waals surface area contributed by atoms with Gasteiger partial charge < -0.3 is 20.9 Å². The van der Waals surface area contributed by atoms with Crippen LogP contribution in [0.5, 0.6) is 0 Å². The summed E-state index contributed by atoms with van der Waals surface area (Å²) in [5.41, 5.74) is 5.64. The average molecular weight is 453 g/mol. The highest BCUT2D eigenvalue weighted by molar-refractivity contribution is 6.03. The van der Waals surface area contributed by atoms with Gasteiger partial charge in [0.2, 0.25) is 0 Å². The van der Waals surface area contributed by atoms with E-state index in [-0.39, 0.29) is 24.8 Å². The maximum atomic E-state index is 12.9. The number of nitrogens with zero attached hydrogens (tertiary/aromatic N) is 2. The molecule has 1 aromatic heterocycles. The highest BCUT2D eigenvalue weighted by Crippen LogP contribution is 2.23. The van der Waals surface area contributed by atoms with Crippen molar-refractivity contribution in [3.05, 3.63) is 53.7 Å². The number of pyridine rings is 1. The number of amides is 2. The molecular formula is C20H22F3N5O4. The molecule has 2 heterocycles. The Kier molecular flexibility index (Phi) is 8.67. The molecule has 1 aliphatic heterocycles. The topological polar surface area (TPSA) is 142 Å². The Bertz CT molecular complexity index is 959. The number of aromatic nitrogens is 1. The summed E-state index contributed by atoms with van der Waals surface area (Å²) in [4.78, 5) is 30.0. The van der Waals surface area contributed by atoms with Crippen LogP contribution in [0, 0.1) is 5.41 Å². The molecule has 0 bridgehead atoms. The van der Waals surface area contributed by atoms with Crippen molar-refractivity contribution in [1.29, 1.82) is 5.41 Å². The molecule has 172 valence electrons. The van der Waals surface area contributed by atoms with E-state index in [9.17, 15) is 27.9 Å². The number of halogens is 3. The maximum absolute atomic E-state index is 12.9. The zero-order valence-electron chi connectivity index (χ0n) is 17.0. The van der Waals surface area contributed by atoms with E-state index in [1.807, 2.05) is 0 Å². The van der Waals surface area contributed by atoms with E-state index in [0.717, 1.165) is 11.0 Å². The first-order valence-corrected chi connectivity index (χ1v) is 9.27. The van der Waals surface area contributed by atoms with Crippen molar-refractivity contribution < 1.29 is 32.6 Å². The van der Waals surface area contributed by atoms with E-state index < -0.39 is 36.1 Å². The van der Waals surface area contributed by atoms with Crippen LogP contribution in [-0.2, 0) is 14.3 Å². The van der Waals surface area contributed by atoms with Crippen LogP contribution in [0.1, 0.15) is 17.7 Å². The smallest absolute Gasteiger partial charge is 0.280 e. The summed E-state index contributed by atoms with van der Waals surface area (Å²) < 4.78 is 40.6. The number of benzene rings is 1. The zero-order valence-corrected chi connectivity index (χ0v) is 17.0. The van der Waals surface area contributed by atoms with Gasteiger partial charge in [0, 0.05) is 11.3 Å². The Balaban J connectivity index is 0.00000176. The van der Waals surface area contributed by atoms with Crippen LogP contribution in [0.3, 0.4) is 0 Å². The van der Waals surface area contributed by atoms with E-state index in [0.29, 0.717) is 18.4 Å². The number of ether oxygens (including phenoxy) is 1. The Hall–Kier alpha value is -3.51. The first-order valence-electron chi connectivity index (χ1n) is 9.27. The van der Waals surface area contributed by atoms with Gasteiger partial charge in [-0.1, -0.05) is 6.07 Å². The standard InChI is InChI=1S/C19H19F2N5O4.CH3F/c20-16(21)12-2-1-3-13(25-12)26-8-9-30-15(19(26)29)14(27)18(28)24-11-6-4-10(5-7-11)17(22)23;1-2/h1-7,14-16,27H,8-9H2,(H3,22,23)(H,24,28);1H3/t14-,15-;/m1./s1. The summed E-state index contributed by atoms with van der Waals surface area (Å²) in [5.74, 6) is -1.81. The van der Waals surface area contributed by atoms with Crippen LogP contribution in [0.15, 0.2) is 42.5 Å². The van der Waals surface area contributed by atoms with Crippen LogP contribution in [-0.4, -0.2) is 60.3 Å². The van der Waals surface area contributed by atoms with E-state index in [1.165, 1.54) is 36.4 Å². The maximum Gasteiger partial charge on any atom is 0.280 e. The molecule has 9 nitrogen and oxygen atoms in total. The van der Waals surface area contributed by atoms with E-state index >= 15 is 0 Å². The first-order chi connectivity index (χ1) is 15.3. The lowest BCUT2D eigenvalue weighted by atomic mass is 10.1. The molecule has 12 heteroatoms. The number of anilines is 2. The number of rotatable bonds is 6. The minimum Gasteiger partial charge on any atom is -0.384 e. The number of hydrogen-bond donors (Lipinski definition) is 4. The third-order valence-electron chi connectivity index (χ3n) is 4.40. The lowest BCUT2D eigenvalue weighted by molar-refractivity contribution is -0.150. The van der Waals surface area contributed by atoms with Crippen LogP contribution >= 0.6 is 0 Å². The van der Waals surface area contributed by atoms with Gasteiger partial charge in [0.1, 0.15) is 17.3 Å². The monoisotopic (exact) mass is 453 g/mol. The molecule has 0 unspecified atom stereocenters. The fourth-order valence-corrected chi connectivity index (χ4v) is 2.86. The number of aliphatic hydroxyl groups is 1. The predicted octanol–water partition coefficient (Wildman–Crippen LogP) is 1.62. The molecule has 1 aliphatic rings. The van der Waals surface area contributed by atoms with Gasteiger partial charge in [-0.3, -0.25) is 24.3 Å². The number of morpholine rings is 1. The van der Waals surface area contributed by atoms with Gasteiger partial charge in [-0.25, -0.2) is 13.8 Å². The third kappa shape index (κ3) is 5.80. The number of nitrogen functional groups attached to an aromatic ring is 1. The number of nitrogens with two attached hydrogens (primary N) is 1. The van der Waals surface area contributed by atoms with Crippen LogP contribution in [0.25, 0.3) is 0 Å². The molecule has 0 saturated carbocycles. The Morgan fingerprint density at radius 3 is 2.53 bits per heavy atom. The van der Waals surface area contributed by atoms with Crippen LogP contribution < -0.4 is 16.0 Å². The molecule has 2 amide bonds. The number of alkyl halides is 3. The minimum atomic E-state index is -2.80. The van der Waals surface area contributed by atoms with Crippen molar-refractivity contribution in [1.82, 2.24) is 4.98 Å². The normalized spacial score (nSPS) is 16.8. The molecule has 0 spiro atoms. The average Bonchev–Trinajstić information content (AvgIpc) is 2.80. The second-order valence-electron chi connectivity index (χ2n) is 6.43. The van der Waals surface area contributed by atoms with Crippen molar-refractivity contribution in [3.8, 4) is 0 Å². The molecule has 32 heavy (non-hydrogen) atoms. The van der Waals surface area contributed by atoms with Gasteiger partial charge in [-0.05, 0) is 36.4 Å². The van der Waals surface area contributed by atoms with Crippen LogP contribution in [0.4, 0.5) is 24.7 Å². The Morgan fingerprint density at radius 2 is 1.94 bits per heavy atom. The SMILES string of the molecule is CF.N=C(N)c1ccc(NC(=O)[C@H](O)[C@H]2OCCN(c3cccc(C(F)F)n3)C2=O)cc1. The minimum absolute atomic E-state index is 0.0153. The largest absolute Gasteiger partial charge is 0.384 e. The van der Waals surface area contributed by atoms with Crippen molar-refractivity contribution >= 4 is 29.2 Å². The van der Waals surface area contributed by atoms with Gasteiger partial charge in [0.15, 0.2) is 12.2 Å². The summed E-state index contributed by atoms with van der Waals surface area (Å²) in [6.45, 7) is 0.0184. The van der Waals surface area contributed by atoms with E-state index in [2.05, 4.69) is 10.3 Å². The van der Waals surface area contributed by atoms with Gasteiger partial charge in [-0.15, -0.1) is 0 Å². The second kappa shape index (κ2) is 11.2. The number of carbonyl (C=O) groups is 2. The number of aliphatic hydroxyl groups excluding tert-OH is 1. The Morgan fingerprint density at radius 1 is 1.28 bits per heavy atom. The summed E-state index contributed by atoms with van der Waals surface area (Å²) >= 11 is 0. The molecule has 5 N–H and O–H groups in total. The van der Waals surface area contributed by atoms with E-state index in [4.69, 9.17) is 15.9 Å². The summed E-state index contributed by atoms with van der Waals surface area (Å²) in [5, 5.41) is 20.1. The summed E-state index contributed by atoms with van der Waals surface area (Å²) in [6, 6.07) is 9.85. The van der Waals surface area contributed by atoms with E-state index in [1.54, 1.807) is 0 Å². The molecule has 3 rings (SSSR count). The highest BCUT2D eigenvalue weighted by atomic mass is 19.3. The fourth-order valence-electron chi connectivity index (χ4n) is 2.86. The van der Waals surface area contributed by atoms with Gasteiger partial charge in [0.25, 0.3) is 18.2 Å². The van der Waals surface area contributed by atoms with Gasteiger partial charge in [0.05, 0.1) is 20.3 Å². The van der Waals surface area contributed by atoms with Gasteiger partial charge in [-0.2, -0.15) is 0 Å². The zero-order chi connectivity index (χ0) is 23.8. The molecule has 1 aromatic carbocycles. The fraction of sp³-hybridized carbons (Fsp3) is 0.300. The number of nitrogens with one attached hydrogen (secondary N) is 2.